The third-order valence-electron chi connectivity index (χ3n) is 5.30. The lowest BCUT2D eigenvalue weighted by atomic mass is 9.71. The maximum atomic E-state index is 13.4. The quantitative estimate of drug-likeness (QED) is 0.695. The maximum absolute atomic E-state index is 13.4. The lowest BCUT2D eigenvalue weighted by Gasteiger charge is -2.54. The third kappa shape index (κ3) is 2.78. The van der Waals surface area contributed by atoms with E-state index in [1.54, 1.807) is 24.8 Å². The van der Waals surface area contributed by atoms with E-state index in [1.165, 1.54) is 0 Å². The molecule has 1 aliphatic rings. The number of amides is 1. The van der Waals surface area contributed by atoms with Crippen molar-refractivity contribution in [3.8, 4) is 11.5 Å². The number of hydrogen-bond acceptors (Lipinski definition) is 5. The number of fused-ring (bicyclic) bond motifs is 1. The molecule has 3 aromatic rings. The number of rotatable bonds is 4. The lowest BCUT2D eigenvalue weighted by molar-refractivity contribution is -0.0329. The Hall–Kier alpha value is -3.09. The lowest BCUT2D eigenvalue weighted by Crippen LogP contribution is -2.58. The zero-order valence-corrected chi connectivity index (χ0v) is 16.8. The summed E-state index contributed by atoms with van der Waals surface area (Å²) in [5.74, 6) is 1.91. The molecule has 0 aliphatic carbocycles. The van der Waals surface area contributed by atoms with Crippen molar-refractivity contribution in [2.45, 2.75) is 26.8 Å². The van der Waals surface area contributed by atoms with Crippen molar-refractivity contribution in [2.24, 2.45) is 5.41 Å². The summed E-state index contributed by atoms with van der Waals surface area (Å²) in [4.78, 5) is 19.6. The molecule has 1 atom stereocenters. The first-order chi connectivity index (χ1) is 13.4. The van der Waals surface area contributed by atoms with Gasteiger partial charge in [-0.3, -0.25) is 4.79 Å². The number of hydrogen-bond donors (Lipinski definition) is 0. The Balaban J connectivity index is 1.73. The highest BCUT2D eigenvalue weighted by molar-refractivity contribution is 5.94. The van der Waals surface area contributed by atoms with Gasteiger partial charge in [0.15, 0.2) is 17.1 Å². The van der Waals surface area contributed by atoms with Gasteiger partial charge in [-0.15, -0.1) is 0 Å². The van der Waals surface area contributed by atoms with Crippen LogP contribution in [0.15, 0.2) is 36.4 Å². The minimum absolute atomic E-state index is 0.0541. The van der Waals surface area contributed by atoms with Crippen LogP contribution >= 0.6 is 0 Å². The van der Waals surface area contributed by atoms with Crippen molar-refractivity contribution >= 4 is 11.6 Å². The van der Waals surface area contributed by atoms with E-state index in [0.717, 1.165) is 5.56 Å². The number of aryl methyl sites for hydroxylation is 1. The molecule has 7 nitrogen and oxygen atoms in total. The molecule has 1 aromatic carbocycles. The first kappa shape index (κ1) is 18.3. The molecule has 1 unspecified atom stereocenters. The Bertz CT molecular complexity index is 1060. The summed E-state index contributed by atoms with van der Waals surface area (Å²) in [7, 11) is 3.23. The Labute approximate surface area is 163 Å². The number of aromatic nitrogens is 3. The van der Waals surface area contributed by atoms with Crippen molar-refractivity contribution in [1.29, 1.82) is 0 Å². The van der Waals surface area contributed by atoms with Gasteiger partial charge in [0.05, 0.1) is 20.3 Å². The largest absolute Gasteiger partial charge is 0.493 e. The molecule has 0 N–H and O–H groups in total. The van der Waals surface area contributed by atoms with E-state index in [4.69, 9.17) is 9.47 Å². The zero-order valence-electron chi connectivity index (χ0n) is 16.8. The van der Waals surface area contributed by atoms with Gasteiger partial charge in [0, 0.05) is 12.0 Å². The molecule has 1 fully saturated rings. The van der Waals surface area contributed by atoms with E-state index >= 15 is 0 Å². The van der Waals surface area contributed by atoms with Gasteiger partial charge in [-0.05, 0) is 36.8 Å². The van der Waals surface area contributed by atoms with Gasteiger partial charge in [0.25, 0.3) is 5.91 Å². The molecule has 3 heterocycles. The van der Waals surface area contributed by atoms with Gasteiger partial charge in [-0.25, -0.2) is 9.50 Å². The van der Waals surface area contributed by atoms with Crippen LogP contribution in [0, 0.1) is 12.3 Å². The van der Waals surface area contributed by atoms with Crippen LogP contribution in [0.5, 0.6) is 11.5 Å². The number of pyridine rings is 1. The summed E-state index contributed by atoms with van der Waals surface area (Å²) in [6.45, 7) is 6.81. The summed E-state index contributed by atoms with van der Waals surface area (Å²) in [6.07, 6.45) is 0. The van der Waals surface area contributed by atoms with Gasteiger partial charge < -0.3 is 14.4 Å². The van der Waals surface area contributed by atoms with Gasteiger partial charge in [0.2, 0.25) is 0 Å². The van der Waals surface area contributed by atoms with Crippen LogP contribution in [0.2, 0.25) is 0 Å². The van der Waals surface area contributed by atoms with Crippen LogP contribution in [0.1, 0.15) is 41.8 Å². The van der Waals surface area contributed by atoms with Crippen molar-refractivity contribution in [3.05, 3.63) is 53.5 Å². The van der Waals surface area contributed by atoms with Crippen molar-refractivity contribution in [1.82, 2.24) is 19.5 Å². The third-order valence-corrected chi connectivity index (χ3v) is 5.30. The van der Waals surface area contributed by atoms with E-state index < -0.39 is 0 Å². The Morgan fingerprint density at radius 2 is 1.89 bits per heavy atom. The fourth-order valence-corrected chi connectivity index (χ4v) is 4.09. The Morgan fingerprint density at radius 3 is 2.57 bits per heavy atom. The molecule has 28 heavy (non-hydrogen) atoms. The van der Waals surface area contributed by atoms with Crippen LogP contribution in [0.3, 0.4) is 0 Å². The SMILES string of the molecule is COc1ccc(C2N(C(=O)c3cccc4nc(C)nn34)CC2(C)C)cc1OC. The maximum Gasteiger partial charge on any atom is 0.273 e. The molecule has 1 aliphatic heterocycles. The second-order valence-corrected chi connectivity index (χ2v) is 7.78. The number of benzene rings is 1. The van der Waals surface area contributed by atoms with E-state index in [-0.39, 0.29) is 17.4 Å². The average Bonchev–Trinajstić information content (AvgIpc) is 3.05. The fourth-order valence-electron chi connectivity index (χ4n) is 4.09. The van der Waals surface area contributed by atoms with Crippen LogP contribution in [-0.2, 0) is 0 Å². The predicted molar refractivity (Wildman–Crippen MR) is 105 cm³/mol. The second kappa shape index (κ2) is 6.51. The summed E-state index contributed by atoms with van der Waals surface area (Å²) < 4.78 is 12.4. The minimum Gasteiger partial charge on any atom is -0.493 e. The zero-order chi connectivity index (χ0) is 20.1. The first-order valence-electron chi connectivity index (χ1n) is 9.21. The molecule has 0 saturated carbocycles. The Morgan fingerprint density at radius 1 is 1.14 bits per heavy atom. The number of nitrogens with zero attached hydrogens (tertiary/aromatic N) is 4. The van der Waals surface area contributed by atoms with E-state index in [2.05, 4.69) is 23.9 Å². The average molecular weight is 380 g/mol. The molecular formula is C21H24N4O3. The minimum atomic E-state index is -0.0697. The van der Waals surface area contributed by atoms with Crippen LogP contribution in [-0.4, -0.2) is 46.2 Å². The molecule has 146 valence electrons. The standard InChI is InChI=1S/C21H24N4O3/c1-13-22-18-8-6-7-15(25(18)23-13)20(26)24-12-21(2,3)19(24)14-9-10-16(27-4)17(11-14)28-5/h6-11,19H,12H2,1-5H3. The summed E-state index contributed by atoms with van der Waals surface area (Å²) >= 11 is 0. The molecule has 2 aromatic heterocycles. The van der Waals surface area contributed by atoms with E-state index in [0.29, 0.717) is 35.2 Å². The Kier molecular flexibility index (Phi) is 4.25. The number of carbonyl (C=O) groups is 1. The smallest absolute Gasteiger partial charge is 0.273 e. The van der Waals surface area contributed by atoms with Crippen LogP contribution in [0.25, 0.3) is 5.65 Å². The second-order valence-electron chi connectivity index (χ2n) is 7.78. The number of carbonyl (C=O) groups excluding carboxylic acids is 1. The number of likely N-dealkylation sites (tertiary alicyclic amines) is 1. The highest BCUT2D eigenvalue weighted by atomic mass is 16.5. The van der Waals surface area contributed by atoms with Gasteiger partial charge in [-0.2, -0.15) is 5.10 Å². The molecule has 1 saturated heterocycles. The summed E-state index contributed by atoms with van der Waals surface area (Å²) in [5.41, 5.74) is 2.15. The summed E-state index contributed by atoms with van der Waals surface area (Å²) in [6, 6.07) is 11.2. The molecule has 0 radical (unpaired) electrons. The molecule has 4 rings (SSSR count). The molecule has 1 amide bonds. The van der Waals surface area contributed by atoms with Gasteiger partial charge >= 0.3 is 0 Å². The number of methoxy groups -OCH3 is 2. The van der Waals surface area contributed by atoms with Crippen molar-refractivity contribution in [2.75, 3.05) is 20.8 Å². The van der Waals surface area contributed by atoms with Crippen LogP contribution < -0.4 is 9.47 Å². The number of ether oxygens (including phenoxy) is 2. The predicted octanol–water partition coefficient (Wildman–Crippen LogP) is 3.28. The molecule has 0 bridgehead atoms. The molecular weight excluding hydrogens is 356 g/mol. The molecule has 7 heteroatoms. The topological polar surface area (TPSA) is 69.0 Å². The first-order valence-corrected chi connectivity index (χ1v) is 9.21. The van der Waals surface area contributed by atoms with Gasteiger partial charge in [-0.1, -0.05) is 26.0 Å². The van der Waals surface area contributed by atoms with E-state index in [1.807, 2.05) is 42.2 Å². The highest BCUT2D eigenvalue weighted by Gasteiger charge is 2.49. The van der Waals surface area contributed by atoms with Crippen molar-refractivity contribution in [3.63, 3.8) is 0 Å². The molecule has 0 spiro atoms. The monoisotopic (exact) mass is 380 g/mol. The fraction of sp³-hybridized carbons (Fsp3) is 0.381. The summed E-state index contributed by atoms with van der Waals surface area (Å²) in [5, 5.41) is 4.38. The van der Waals surface area contributed by atoms with Gasteiger partial charge in [0.1, 0.15) is 11.5 Å². The van der Waals surface area contributed by atoms with Crippen molar-refractivity contribution < 1.29 is 14.3 Å². The highest BCUT2D eigenvalue weighted by Crippen LogP contribution is 2.50. The van der Waals surface area contributed by atoms with E-state index in [9.17, 15) is 4.79 Å². The normalized spacial score (nSPS) is 18.0. The van der Waals surface area contributed by atoms with Crippen LogP contribution in [0.4, 0.5) is 0 Å².